The smallest absolute Gasteiger partial charge is 0.257 e. The largest absolute Gasteiger partial charge is 0.491 e. The van der Waals surface area contributed by atoms with Gasteiger partial charge in [0.15, 0.2) is 5.58 Å². The van der Waals surface area contributed by atoms with Crippen molar-refractivity contribution in [3.05, 3.63) is 95.7 Å². The zero-order chi connectivity index (χ0) is 29.1. The van der Waals surface area contributed by atoms with Gasteiger partial charge in [0.05, 0.1) is 24.6 Å². The Hall–Kier alpha value is -4.17. The van der Waals surface area contributed by atoms with Crippen LogP contribution in [0.2, 0.25) is 0 Å². The summed E-state index contributed by atoms with van der Waals surface area (Å²) >= 11 is 0. The van der Waals surface area contributed by atoms with E-state index in [0.29, 0.717) is 55.3 Å². The molecule has 0 radical (unpaired) electrons. The molecule has 42 heavy (non-hydrogen) atoms. The summed E-state index contributed by atoms with van der Waals surface area (Å²) in [6.07, 6.45) is 4.44. The molecule has 1 aliphatic heterocycles. The molecule has 2 amide bonds. The predicted octanol–water partition coefficient (Wildman–Crippen LogP) is 5.55. The van der Waals surface area contributed by atoms with E-state index in [1.165, 1.54) is 0 Å². The van der Waals surface area contributed by atoms with Gasteiger partial charge in [-0.15, -0.1) is 0 Å². The van der Waals surface area contributed by atoms with E-state index in [2.05, 4.69) is 17.3 Å². The molecule has 0 aliphatic carbocycles. The Kier molecular flexibility index (Phi) is 10.2. The first-order chi connectivity index (χ1) is 20.6. The number of hydrogen-bond acceptors (Lipinski definition) is 6. The summed E-state index contributed by atoms with van der Waals surface area (Å²) in [6.45, 7) is 2.52. The van der Waals surface area contributed by atoms with Gasteiger partial charge in [-0.25, -0.2) is 0 Å². The van der Waals surface area contributed by atoms with E-state index in [-0.39, 0.29) is 30.9 Å². The maximum atomic E-state index is 14.0. The van der Waals surface area contributed by atoms with Crippen LogP contribution in [0, 0.1) is 0 Å². The Morgan fingerprint density at radius 1 is 0.929 bits per heavy atom. The lowest BCUT2D eigenvalue weighted by Gasteiger charge is -2.33. The van der Waals surface area contributed by atoms with Crippen molar-refractivity contribution < 1.29 is 23.6 Å². The number of benzene rings is 3. The van der Waals surface area contributed by atoms with Gasteiger partial charge in [0.2, 0.25) is 5.91 Å². The number of amides is 2. The SMILES string of the molecule is COCCN1CCCCCCN(C(=O)Cc2noc3ccccc23)[C@@H](Cc2ccccc2)COc2ccccc2C1=O. The van der Waals surface area contributed by atoms with Crippen molar-refractivity contribution in [3.63, 3.8) is 0 Å². The molecule has 0 saturated carbocycles. The molecule has 0 saturated heterocycles. The number of fused-ring (bicyclic) bond motifs is 2. The summed E-state index contributed by atoms with van der Waals surface area (Å²) < 4.78 is 17.2. The van der Waals surface area contributed by atoms with Gasteiger partial charge in [0.1, 0.15) is 18.1 Å². The van der Waals surface area contributed by atoms with Crippen LogP contribution in [0.5, 0.6) is 5.75 Å². The van der Waals surface area contributed by atoms with E-state index in [4.69, 9.17) is 14.0 Å². The number of nitrogens with zero attached hydrogens (tertiary/aromatic N) is 3. The lowest BCUT2D eigenvalue weighted by molar-refractivity contribution is -0.133. The van der Waals surface area contributed by atoms with E-state index in [1.54, 1.807) is 7.11 Å². The Bertz CT molecular complexity index is 1450. The Morgan fingerprint density at radius 3 is 2.50 bits per heavy atom. The van der Waals surface area contributed by atoms with Gasteiger partial charge in [-0.1, -0.05) is 72.6 Å². The summed E-state index contributed by atoms with van der Waals surface area (Å²) in [6, 6.07) is 24.9. The zero-order valence-electron chi connectivity index (χ0n) is 24.2. The van der Waals surface area contributed by atoms with Gasteiger partial charge in [-0.05, 0) is 49.1 Å². The second-order valence-corrected chi connectivity index (χ2v) is 10.7. The molecule has 3 aromatic carbocycles. The van der Waals surface area contributed by atoms with Gasteiger partial charge in [0.25, 0.3) is 5.91 Å². The molecule has 2 heterocycles. The average molecular weight is 570 g/mol. The molecule has 8 heteroatoms. The van der Waals surface area contributed by atoms with Gasteiger partial charge in [-0.2, -0.15) is 0 Å². The summed E-state index contributed by atoms with van der Waals surface area (Å²) in [5, 5.41) is 5.08. The summed E-state index contributed by atoms with van der Waals surface area (Å²) in [4.78, 5) is 31.5. The van der Waals surface area contributed by atoms with Crippen molar-refractivity contribution >= 4 is 22.8 Å². The first-order valence-corrected chi connectivity index (χ1v) is 14.8. The van der Waals surface area contributed by atoms with Crippen LogP contribution in [0.15, 0.2) is 83.4 Å². The number of para-hydroxylation sites is 2. The maximum Gasteiger partial charge on any atom is 0.257 e. The molecule has 0 unspecified atom stereocenters. The van der Waals surface area contributed by atoms with E-state index in [1.807, 2.05) is 76.5 Å². The fraction of sp³-hybridized carbons (Fsp3) is 0.382. The van der Waals surface area contributed by atoms with Crippen molar-refractivity contribution in [3.8, 4) is 5.75 Å². The number of hydrogen-bond donors (Lipinski definition) is 0. The molecular weight excluding hydrogens is 530 g/mol. The third kappa shape index (κ3) is 7.36. The molecule has 0 N–H and O–H groups in total. The first-order valence-electron chi connectivity index (χ1n) is 14.8. The van der Waals surface area contributed by atoms with Crippen LogP contribution >= 0.6 is 0 Å². The highest BCUT2D eigenvalue weighted by molar-refractivity contribution is 5.97. The van der Waals surface area contributed by atoms with Crippen LogP contribution in [0.3, 0.4) is 0 Å². The summed E-state index contributed by atoms with van der Waals surface area (Å²) in [5.74, 6) is 0.445. The predicted molar refractivity (Wildman–Crippen MR) is 162 cm³/mol. The molecule has 0 spiro atoms. The normalized spacial score (nSPS) is 17.0. The van der Waals surface area contributed by atoms with Crippen molar-refractivity contribution in [1.29, 1.82) is 0 Å². The third-order valence-electron chi connectivity index (χ3n) is 7.82. The van der Waals surface area contributed by atoms with E-state index in [9.17, 15) is 9.59 Å². The minimum absolute atomic E-state index is 0.0132. The number of aromatic nitrogens is 1. The standard InChI is InChI=1S/C34H39N3O5/c1-40-22-21-36-19-11-2-3-12-20-37(33(38)24-30-28-15-7-10-18-32(28)42-35-30)27(23-26-13-5-4-6-14-26)25-41-31-17-9-8-16-29(31)34(36)39/h4-10,13-18,27H,2-3,11-12,19-25H2,1H3/t27-/m0/s1. The molecule has 5 rings (SSSR count). The quantitative estimate of drug-likeness (QED) is 0.290. The van der Waals surface area contributed by atoms with Crippen molar-refractivity contribution in [1.82, 2.24) is 15.0 Å². The maximum absolute atomic E-state index is 14.0. The van der Waals surface area contributed by atoms with Crippen LogP contribution < -0.4 is 4.74 Å². The average Bonchev–Trinajstić information content (AvgIpc) is 3.43. The molecule has 0 fully saturated rings. The molecular formula is C34H39N3O5. The zero-order valence-corrected chi connectivity index (χ0v) is 24.2. The van der Waals surface area contributed by atoms with Crippen LogP contribution in [0.1, 0.15) is 47.3 Å². The van der Waals surface area contributed by atoms with Crippen molar-refractivity contribution in [2.45, 2.75) is 44.6 Å². The second-order valence-electron chi connectivity index (χ2n) is 10.7. The minimum atomic E-state index is -0.242. The molecule has 4 aromatic rings. The van der Waals surface area contributed by atoms with Crippen LogP contribution in [-0.4, -0.2) is 72.8 Å². The fourth-order valence-corrected chi connectivity index (χ4v) is 5.55. The van der Waals surface area contributed by atoms with Crippen molar-refractivity contribution in [2.24, 2.45) is 0 Å². The van der Waals surface area contributed by atoms with Crippen LogP contribution in [-0.2, 0) is 22.4 Å². The van der Waals surface area contributed by atoms with Crippen LogP contribution in [0.25, 0.3) is 11.0 Å². The Balaban J connectivity index is 1.44. The molecule has 1 aliphatic rings. The molecule has 8 nitrogen and oxygen atoms in total. The lowest BCUT2D eigenvalue weighted by Crippen LogP contribution is -2.46. The van der Waals surface area contributed by atoms with E-state index < -0.39 is 0 Å². The highest BCUT2D eigenvalue weighted by atomic mass is 16.5. The Labute approximate surface area is 247 Å². The van der Waals surface area contributed by atoms with Gasteiger partial charge in [-0.3, -0.25) is 9.59 Å². The second kappa shape index (κ2) is 14.6. The number of rotatable bonds is 7. The van der Waals surface area contributed by atoms with E-state index >= 15 is 0 Å². The topological polar surface area (TPSA) is 85.1 Å². The summed E-state index contributed by atoms with van der Waals surface area (Å²) in [7, 11) is 1.65. The molecule has 0 bridgehead atoms. The minimum Gasteiger partial charge on any atom is -0.491 e. The fourth-order valence-electron chi connectivity index (χ4n) is 5.55. The number of carbonyl (C=O) groups is 2. The monoisotopic (exact) mass is 569 g/mol. The number of ether oxygens (including phenoxy) is 2. The number of carbonyl (C=O) groups excluding carboxylic acids is 2. The molecule has 1 atom stereocenters. The van der Waals surface area contributed by atoms with Gasteiger partial charge < -0.3 is 23.8 Å². The Morgan fingerprint density at radius 2 is 1.67 bits per heavy atom. The molecule has 1 aromatic heterocycles. The third-order valence-corrected chi connectivity index (χ3v) is 7.82. The highest BCUT2D eigenvalue weighted by Gasteiger charge is 2.28. The lowest BCUT2D eigenvalue weighted by atomic mass is 10.0. The van der Waals surface area contributed by atoms with Crippen LogP contribution in [0.4, 0.5) is 0 Å². The van der Waals surface area contributed by atoms with E-state index in [0.717, 1.165) is 36.6 Å². The van der Waals surface area contributed by atoms with Gasteiger partial charge >= 0.3 is 0 Å². The van der Waals surface area contributed by atoms with Gasteiger partial charge in [0, 0.05) is 32.1 Å². The highest BCUT2D eigenvalue weighted by Crippen LogP contribution is 2.24. The summed E-state index contributed by atoms with van der Waals surface area (Å²) in [5.41, 5.74) is 2.95. The van der Waals surface area contributed by atoms with Crippen molar-refractivity contribution in [2.75, 3.05) is 40.0 Å². The first kappa shape index (κ1) is 29.3. The number of methoxy groups -OCH3 is 1. The molecule has 220 valence electrons.